The Morgan fingerprint density at radius 1 is 1.32 bits per heavy atom. The number of fused-ring (bicyclic) bond motifs is 1. The molecule has 3 N–H and O–H groups in total. The number of thioether (sulfide) groups is 1. The molecule has 0 saturated heterocycles. The van der Waals surface area contributed by atoms with E-state index < -0.39 is 5.82 Å². The van der Waals surface area contributed by atoms with Gasteiger partial charge in [-0.25, -0.2) is 20.2 Å². The van der Waals surface area contributed by atoms with Gasteiger partial charge in [0.05, 0.1) is 16.3 Å². The molecule has 0 atom stereocenters. The van der Waals surface area contributed by atoms with E-state index in [4.69, 9.17) is 17.4 Å². The van der Waals surface area contributed by atoms with Gasteiger partial charge in [-0.3, -0.25) is 0 Å². The van der Waals surface area contributed by atoms with E-state index in [1.54, 1.807) is 23.9 Å². The number of nitrogens with two attached hydrogens (primary N) is 1. The first-order valence-electron chi connectivity index (χ1n) is 5.59. The smallest absolute Gasteiger partial charge is 0.164 e. The standard InChI is InChI=1S/C12H10ClFN4S/c13-8-3-1-2-6(10(8)14)11-16-9-5-19-4-7(9)12(17-11)18-15/h1-3H,4-5,15H2,(H,16,17,18). The molecular formula is C12H10ClFN4S. The van der Waals surface area contributed by atoms with Crippen LogP contribution >= 0.6 is 23.4 Å². The van der Waals surface area contributed by atoms with Crippen molar-refractivity contribution in [2.45, 2.75) is 11.5 Å². The van der Waals surface area contributed by atoms with Crippen molar-refractivity contribution < 1.29 is 4.39 Å². The van der Waals surface area contributed by atoms with E-state index in [-0.39, 0.29) is 10.6 Å². The van der Waals surface area contributed by atoms with Crippen molar-refractivity contribution in [3.05, 3.63) is 40.3 Å². The third-order valence-electron chi connectivity index (χ3n) is 2.91. The number of nitrogens with one attached hydrogen (secondary N) is 1. The summed E-state index contributed by atoms with van der Waals surface area (Å²) in [6.07, 6.45) is 0. The lowest BCUT2D eigenvalue weighted by Gasteiger charge is -2.09. The van der Waals surface area contributed by atoms with E-state index in [2.05, 4.69) is 15.4 Å². The SMILES string of the molecule is NNc1nc(-c2cccc(Cl)c2F)nc2c1CSC2. The molecule has 19 heavy (non-hydrogen) atoms. The highest BCUT2D eigenvalue weighted by Crippen LogP contribution is 2.35. The topological polar surface area (TPSA) is 63.8 Å². The van der Waals surface area contributed by atoms with E-state index >= 15 is 0 Å². The van der Waals surface area contributed by atoms with Crippen LogP contribution in [0, 0.1) is 5.82 Å². The molecule has 0 radical (unpaired) electrons. The van der Waals surface area contributed by atoms with Crippen LogP contribution in [0.4, 0.5) is 10.2 Å². The van der Waals surface area contributed by atoms with Crippen LogP contribution in [-0.2, 0) is 11.5 Å². The van der Waals surface area contributed by atoms with Crippen LogP contribution in [-0.4, -0.2) is 9.97 Å². The number of benzene rings is 1. The van der Waals surface area contributed by atoms with Crippen LogP contribution in [0.1, 0.15) is 11.3 Å². The third kappa shape index (κ3) is 2.16. The molecule has 98 valence electrons. The van der Waals surface area contributed by atoms with Gasteiger partial charge in [-0.2, -0.15) is 11.8 Å². The van der Waals surface area contributed by atoms with Crippen molar-refractivity contribution in [3.63, 3.8) is 0 Å². The summed E-state index contributed by atoms with van der Waals surface area (Å²) in [6.45, 7) is 0. The summed E-state index contributed by atoms with van der Waals surface area (Å²) in [7, 11) is 0. The molecule has 0 fully saturated rings. The Hall–Kier alpha value is -1.37. The zero-order valence-electron chi connectivity index (χ0n) is 9.78. The predicted octanol–water partition coefficient (Wildman–Crippen LogP) is 2.97. The zero-order chi connectivity index (χ0) is 13.4. The van der Waals surface area contributed by atoms with E-state index in [9.17, 15) is 4.39 Å². The Morgan fingerprint density at radius 2 is 2.16 bits per heavy atom. The van der Waals surface area contributed by atoms with E-state index in [1.807, 2.05) is 0 Å². The van der Waals surface area contributed by atoms with Crippen LogP contribution in [0.25, 0.3) is 11.4 Å². The second-order valence-electron chi connectivity index (χ2n) is 4.06. The third-order valence-corrected chi connectivity index (χ3v) is 4.17. The normalized spacial score (nSPS) is 13.4. The van der Waals surface area contributed by atoms with Gasteiger partial charge >= 0.3 is 0 Å². The van der Waals surface area contributed by atoms with Gasteiger partial charge in [-0.1, -0.05) is 17.7 Å². The first-order valence-corrected chi connectivity index (χ1v) is 7.12. The number of nitrogen functional groups attached to an aromatic ring is 1. The molecule has 4 nitrogen and oxygen atoms in total. The average Bonchev–Trinajstić information content (AvgIpc) is 2.89. The quantitative estimate of drug-likeness (QED) is 0.659. The first kappa shape index (κ1) is 12.7. The Morgan fingerprint density at radius 3 is 2.95 bits per heavy atom. The highest BCUT2D eigenvalue weighted by molar-refractivity contribution is 7.98. The fourth-order valence-electron chi connectivity index (χ4n) is 1.97. The summed E-state index contributed by atoms with van der Waals surface area (Å²) in [5.41, 5.74) is 4.71. The van der Waals surface area contributed by atoms with Gasteiger partial charge in [-0.05, 0) is 12.1 Å². The fourth-order valence-corrected chi connectivity index (χ4v) is 3.18. The Bertz CT molecular complexity index is 650. The maximum atomic E-state index is 14.0. The number of hydrazine groups is 1. The average molecular weight is 297 g/mol. The van der Waals surface area contributed by atoms with Crippen molar-refractivity contribution in [2.24, 2.45) is 5.84 Å². The van der Waals surface area contributed by atoms with Crippen LogP contribution in [0.2, 0.25) is 5.02 Å². The van der Waals surface area contributed by atoms with Gasteiger partial charge in [0, 0.05) is 17.1 Å². The molecule has 7 heteroatoms. The molecule has 0 unspecified atom stereocenters. The van der Waals surface area contributed by atoms with Gasteiger partial charge in [0.25, 0.3) is 0 Å². The highest BCUT2D eigenvalue weighted by Gasteiger charge is 2.21. The summed E-state index contributed by atoms with van der Waals surface area (Å²) in [5.74, 6) is 7.39. The number of nitrogens with zero attached hydrogens (tertiary/aromatic N) is 2. The predicted molar refractivity (Wildman–Crippen MR) is 75.2 cm³/mol. The maximum absolute atomic E-state index is 14.0. The molecular weight excluding hydrogens is 287 g/mol. The van der Waals surface area contributed by atoms with Gasteiger partial charge in [0.1, 0.15) is 5.82 Å². The molecule has 2 aromatic rings. The molecule has 0 amide bonds. The van der Waals surface area contributed by atoms with E-state index in [1.165, 1.54) is 6.07 Å². The largest absolute Gasteiger partial charge is 0.308 e. The number of anilines is 1. The molecule has 2 heterocycles. The van der Waals surface area contributed by atoms with Gasteiger partial charge in [0.15, 0.2) is 11.6 Å². The van der Waals surface area contributed by atoms with Crippen LogP contribution in [0.3, 0.4) is 0 Å². The summed E-state index contributed by atoms with van der Waals surface area (Å²) in [4.78, 5) is 8.68. The Kier molecular flexibility index (Phi) is 3.30. The molecule has 0 saturated carbocycles. The molecule has 1 aromatic carbocycles. The van der Waals surface area contributed by atoms with Crippen molar-refractivity contribution in [1.82, 2.24) is 9.97 Å². The summed E-state index contributed by atoms with van der Waals surface area (Å²) in [5, 5.41) is 0.0539. The molecule has 1 aliphatic rings. The number of hydrogen-bond acceptors (Lipinski definition) is 5. The Balaban J connectivity index is 2.18. The summed E-state index contributed by atoms with van der Waals surface area (Å²) >= 11 is 7.51. The van der Waals surface area contributed by atoms with Gasteiger partial charge < -0.3 is 5.43 Å². The number of rotatable bonds is 2. The minimum Gasteiger partial charge on any atom is -0.308 e. The lowest BCUT2D eigenvalue weighted by molar-refractivity contribution is 0.630. The van der Waals surface area contributed by atoms with E-state index in [0.29, 0.717) is 11.6 Å². The first-order chi connectivity index (χ1) is 9.20. The Labute approximate surface area is 118 Å². The highest BCUT2D eigenvalue weighted by atomic mass is 35.5. The minimum absolute atomic E-state index is 0.0539. The summed E-state index contributed by atoms with van der Waals surface area (Å²) in [6, 6.07) is 4.76. The number of aromatic nitrogens is 2. The molecule has 0 aliphatic carbocycles. The second-order valence-corrected chi connectivity index (χ2v) is 5.45. The van der Waals surface area contributed by atoms with Gasteiger partial charge in [-0.15, -0.1) is 0 Å². The maximum Gasteiger partial charge on any atom is 0.164 e. The second kappa shape index (κ2) is 4.96. The van der Waals surface area contributed by atoms with Gasteiger partial charge in [0.2, 0.25) is 0 Å². The molecule has 3 rings (SSSR count). The van der Waals surface area contributed by atoms with Crippen LogP contribution in [0.15, 0.2) is 18.2 Å². The van der Waals surface area contributed by atoms with E-state index in [0.717, 1.165) is 22.8 Å². The minimum atomic E-state index is -0.516. The molecule has 1 aliphatic heterocycles. The van der Waals surface area contributed by atoms with Crippen molar-refractivity contribution in [3.8, 4) is 11.4 Å². The summed E-state index contributed by atoms with van der Waals surface area (Å²) < 4.78 is 14.0. The monoisotopic (exact) mass is 296 g/mol. The number of hydrogen-bond donors (Lipinski definition) is 2. The molecule has 0 bridgehead atoms. The van der Waals surface area contributed by atoms with Crippen molar-refractivity contribution in [1.29, 1.82) is 0 Å². The number of halogens is 2. The molecule has 0 spiro atoms. The lowest BCUT2D eigenvalue weighted by atomic mass is 10.1. The fraction of sp³-hybridized carbons (Fsp3) is 0.167. The lowest BCUT2D eigenvalue weighted by Crippen LogP contribution is -2.13. The van der Waals surface area contributed by atoms with Crippen LogP contribution < -0.4 is 11.3 Å². The van der Waals surface area contributed by atoms with Crippen molar-refractivity contribution >= 4 is 29.2 Å². The molecule has 1 aromatic heterocycles. The zero-order valence-corrected chi connectivity index (χ0v) is 11.4. The van der Waals surface area contributed by atoms with Crippen LogP contribution in [0.5, 0.6) is 0 Å². The van der Waals surface area contributed by atoms with Crippen molar-refractivity contribution in [2.75, 3.05) is 5.43 Å².